The van der Waals surface area contributed by atoms with Gasteiger partial charge in [0.2, 0.25) is 0 Å². The van der Waals surface area contributed by atoms with E-state index in [2.05, 4.69) is 10.3 Å². The highest BCUT2D eigenvalue weighted by Gasteiger charge is 2.17. The number of halogens is 1. The van der Waals surface area contributed by atoms with E-state index in [0.29, 0.717) is 35.6 Å². The molecule has 0 spiro atoms. The Kier molecular flexibility index (Phi) is 6.78. The van der Waals surface area contributed by atoms with E-state index in [1.54, 1.807) is 10.7 Å². The number of nitrogens with zero attached hydrogens (tertiary/aromatic N) is 2. The van der Waals surface area contributed by atoms with Crippen LogP contribution in [-0.4, -0.2) is 34.0 Å². The minimum atomic E-state index is -0.333. The first-order valence-corrected chi connectivity index (χ1v) is 10.8. The molecular weight excluding hydrogens is 407 g/mol. The number of nitrogens with one attached hydrogen (secondary N) is 2. The molecule has 0 aliphatic heterocycles. The van der Waals surface area contributed by atoms with Gasteiger partial charge in [0.1, 0.15) is 17.2 Å². The maximum Gasteiger partial charge on any atom is 0.254 e. The zero-order chi connectivity index (χ0) is 22.5. The summed E-state index contributed by atoms with van der Waals surface area (Å²) in [6, 6.07) is 17.7. The van der Waals surface area contributed by atoms with Gasteiger partial charge in [-0.3, -0.25) is 4.79 Å². The standard InChI is InChI=1S/C25H27FN4O2/c1-17(2)32-13-7-12-27-16-19-15-22-23(18-8-6-9-20(26)14-18)29-30(24(22)28-25(19)31)21-10-4-3-5-11-21/h3-6,8-11,14-15,17,27H,7,12-13,16H2,1-2H3,(H,28,31). The van der Waals surface area contributed by atoms with Gasteiger partial charge in [-0.15, -0.1) is 0 Å². The molecule has 0 fully saturated rings. The van der Waals surface area contributed by atoms with Gasteiger partial charge >= 0.3 is 0 Å². The van der Waals surface area contributed by atoms with E-state index in [1.165, 1.54) is 12.1 Å². The van der Waals surface area contributed by atoms with Crippen LogP contribution in [0.1, 0.15) is 25.8 Å². The summed E-state index contributed by atoms with van der Waals surface area (Å²) in [5, 5.41) is 8.80. The molecule has 0 saturated heterocycles. The van der Waals surface area contributed by atoms with Crippen LogP contribution in [0.25, 0.3) is 28.0 Å². The quantitative estimate of drug-likeness (QED) is 0.383. The molecule has 4 aromatic rings. The fraction of sp³-hybridized carbons (Fsp3) is 0.280. The van der Waals surface area contributed by atoms with Crippen LogP contribution in [0.15, 0.2) is 65.5 Å². The molecule has 0 unspecified atom stereocenters. The molecule has 0 radical (unpaired) electrons. The Balaban J connectivity index is 1.69. The van der Waals surface area contributed by atoms with Crippen molar-refractivity contribution in [1.29, 1.82) is 0 Å². The number of aromatic nitrogens is 3. The fourth-order valence-electron chi connectivity index (χ4n) is 3.59. The molecule has 166 valence electrons. The number of rotatable bonds is 9. The van der Waals surface area contributed by atoms with Crippen molar-refractivity contribution in [3.8, 4) is 16.9 Å². The third kappa shape index (κ3) is 4.95. The number of aromatic amines is 1. The Hall–Kier alpha value is -3.29. The molecule has 0 amide bonds. The molecule has 6 nitrogen and oxygen atoms in total. The number of hydrogen-bond donors (Lipinski definition) is 2. The topological polar surface area (TPSA) is 71.9 Å². The van der Waals surface area contributed by atoms with Crippen molar-refractivity contribution >= 4 is 11.0 Å². The molecule has 0 aliphatic carbocycles. The summed E-state index contributed by atoms with van der Waals surface area (Å²) in [6.07, 6.45) is 1.07. The number of pyridine rings is 1. The average Bonchev–Trinajstić information content (AvgIpc) is 3.15. The van der Waals surface area contributed by atoms with Gasteiger partial charge in [0, 0.05) is 29.7 Å². The van der Waals surface area contributed by atoms with Gasteiger partial charge in [-0.25, -0.2) is 9.07 Å². The van der Waals surface area contributed by atoms with E-state index in [-0.39, 0.29) is 17.5 Å². The third-order valence-electron chi connectivity index (χ3n) is 5.13. The number of hydrogen-bond acceptors (Lipinski definition) is 4. The van der Waals surface area contributed by atoms with Crippen LogP contribution in [0.5, 0.6) is 0 Å². The molecule has 0 aliphatic rings. The first kappa shape index (κ1) is 21.9. The second-order valence-electron chi connectivity index (χ2n) is 7.94. The Bertz CT molecular complexity index is 1250. The SMILES string of the molecule is CC(C)OCCCNCc1cc2c(-c3cccc(F)c3)nn(-c3ccccc3)c2[nH]c1=O. The number of fused-ring (bicyclic) bond motifs is 1. The van der Waals surface area contributed by atoms with Crippen molar-refractivity contribution in [1.82, 2.24) is 20.1 Å². The summed E-state index contributed by atoms with van der Waals surface area (Å²) < 4.78 is 21.2. The van der Waals surface area contributed by atoms with Crippen LogP contribution in [-0.2, 0) is 11.3 Å². The molecule has 0 bridgehead atoms. The summed E-state index contributed by atoms with van der Waals surface area (Å²) >= 11 is 0. The van der Waals surface area contributed by atoms with Crippen molar-refractivity contribution < 1.29 is 9.13 Å². The molecule has 0 atom stereocenters. The Morgan fingerprint density at radius 3 is 2.69 bits per heavy atom. The van der Waals surface area contributed by atoms with Gasteiger partial charge in [0.15, 0.2) is 0 Å². The zero-order valence-electron chi connectivity index (χ0n) is 18.3. The molecule has 2 aromatic heterocycles. The molecule has 4 rings (SSSR count). The summed E-state index contributed by atoms with van der Waals surface area (Å²) in [4.78, 5) is 15.8. The highest BCUT2D eigenvalue weighted by molar-refractivity contribution is 5.92. The Morgan fingerprint density at radius 1 is 1.12 bits per heavy atom. The highest BCUT2D eigenvalue weighted by Crippen LogP contribution is 2.29. The van der Waals surface area contributed by atoms with Gasteiger partial charge in [-0.05, 0) is 57.1 Å². The van der Waals surface area contributed by atoms with E-state index < -0.39 is 0 Å². The lowest BCUT2D eigenvalue weighted by Crippen LogP contribution is -2.23. The smallest absolute Gasteiger partial charge is 0.254 e. The van der Waals surface area contributed by atoms with Gasteiger partial charge in [-0.2, -0.15) is 5.10 Å². The summed E-state index contributed by atoms with van der Waals surface area (Å²) in [6.45, 7) is 5.85. The van der Waals surface area contributed by atoms with Crippen LogP contribution in [0, 0.1) is 5.82 Å². The maximum absolute atomic E-state index is 13.9. The van der Waals surface area contributed by atoms with E-state index in [9.17, 15) is 9.18 Å². The van der Waals surface area contributed by atoms with Gasteiger partial charge in [-0.1, -0.05) is 30.3 Å². The Morgan fingerprint density at radius 2 is 1.94 bits per heavy atom. The van der Waals surface area contributed by atoms with Crippen molar-refractivity contribution in [2.75, 3.05) is 13.2 Å². The van der Waals surface area contributed by atoms with Gasteiger partial charge in [0.05, 0.1) is 11.8 Å². The zero-order valence-corrected chi connectivity index (χ0v) is 18.3. The molecule has 2 N–H and O–H groups in total. The largest absolute Gasteiger partial charge is 0.379 e. The fourth-order valence-corrected chi connectivity index (χ4v) is 3.59. The van der Waals surface area contributed by atoms with E-state index in [1.807, 2.05) is 56.3 Å². The molecular formula is C25H27FN4O2. The first-order valence-electron chi connectivity index (χ1n) is 10.8. The third-order valence-corrected chi connectivity index (χ3v) is 5.13. The van der Waals surface area contributed by atoms with Crippen molar-refractivity contribution in [3.05, 3.63) is 82.4 Å². The average molecular weight is 435 g/mol. The second kappa shape index (κ2) is 9.89. The van der Waals surface area contributed by atoms with E-state index in [4.69, 9.17) is 9.84 Å². The lowest BCUT2D eigenvalue weighted by molar-refractivity contribution is 0.0770. The molecule has 2 aromatic carbocycles. The summed E-state index contributed by atoms with van der Waals surface area (Å²) in [5.41, 5.74) is 3.09. The number of benzene rings is 2. The van der Waals surface area contributed by atoms with Gasteiger partial charge in [0.25, 0.3) is 5.56 Å². The van der Waals surface area contributed by atoms with Crippen LogP contribution in [0.4, 0.5) is 4.39 Å². The molecule has 2 heterocycles. The van der Waals surface area contributed by atoms with Crippen LogP contribution in [0.3, 0.4) is 0 Å². The van der Waals surface area contributed by atoms with Crippen LogP contribution < -0.4 is 10.9 Å². The van der Waals surface area contributed by atoms with Crippen LogP contribution in [0.2, 0.25) is 0 Å². The van der Waals surface area contributed by atoms with Crippen molar-refractivity contribution in [2.24, 2.45) is 0 Å². The number of ether oxygens (including phenoxy) is 1. The predicted octanol–water partition coefficient (Wildman–Crippen LogP) is 4.42. The minimum absolute atomic E-state index is 0.175. The highest BCUT2D eigenvalue weighted by atomic mass is 19.1. The lowest BCUT2D eigenvalue weighted by Gasteiger charge is -2.08. The van der Waals surface area contributed by atoms with Crippen molar-refractivity contribution in [2.45, 2.75) is 32.9 Å². The van der Waals surface area contributed by atoms with E-state index >= 15 is 0 Å². The van der Waals surface area contributed by atoms with Gasteiger partial charge < -0.3 is 15.0 Å². The molecule has 0 saturated carbocycles. The van der Waals surface area contributed by atoms with Crippen molar-refractivity contribution in [3.63, 3.8) is 0 Å². The Labute approximate surface area is 186 Å². The predicted molar refractivity (Wildman–Crippen MR) is 124 cm³/mol. The summed E-state index contributed by atoms with van der Waals surface area (Å²) in [7, 11) is 0. The van der Waals surface area contributed by atoms with Crippen LogP contribution >= 0.6 is 0 Å². The molecule has 32 heavy (non-hydrogen) atoms. The number of H-pyrrole nitrogens is 1. The minimum Gasteiger partial charge on any atom is -0.379 e. The molecule has 7 heteroatoms. The van der Waals surface area contributed by atoms with E-state index in [0.717, 1.165) is 24.0 Å². The lowest BCUT2D eigenvalue weighted by atomic mass is 10.1. The summed E-state index contributed by atoms with van der Waals surface area (Å²) in [5.74, 6) is -0.333. The maximum atomic E-state index is 13.9. The number of para-hydroxylation sites is 1. The normalized spacial score (nSPS) is 11.5. The second-order valence-corrected chi connectivity index (χ2v) is 7.94. The first-order chi connectivity index (χ1) is 15.5. The monoisotopic (exact) mass is 434 g/mol.